The molecule has 0 bridgehead atoms. The summed E-state index contributed by atoms with van der Waals surface area (Å²) >= 11 is 33.2. The van der Waals surface area contributed by atoms with Crippen LogP contribution in [0.15, 0.2) is 126 Å². The van der Waals surface area contributed by atoms with E-state index >= 15 is 0 Å². The Labute approximate surface area is 823 Å². The van der Waals surface area contributed by atoms with Gasteiger partial charge in [0.05, 0.1) is 93.1 Å². The van der Waals surface area contributed by atoms with E-state index in [-0.39, 0.29) is 58.7 Å². The molecule has 7 aliphatic heterocycles. The number of benzene rings is 5. The number of nitrogen functional groups attached to an aromatic ring is 5. The summed E-state index contributed by atoms with van der Waals surface area (Å²) in [6.45, 7) is 27.8. The van der Waals surface area contributed by atoms with Gasteiger partial charge in [-0.1, -0.05) is 121 Å². The number of nitrogens with zero attached hydrogens (tertiary/aromatic N) is 16. The van der Waals surface area contributed by atoms with Crippen molar-refractivity contribution in [3.63, 3.8) is 0 Å². The maximum Gasteiger partial charge on any atom is 0.222 e. The number of aryl methyl sites for hydroxylation is 5. The lowest BCUT2D eigenvalue weighted by molar-refractivity contribution is 0.0211. The maximum absolute atomic E-state index is 11.8. The summed E-state index contributed by atoms with van der Waals surface area (Å²) in [5, 5.41) is 6.62. The van der Waals surface area contributed by atoms with Crippen LogP contribution in [0, 0.1) is 40.0 Å². The van der Waals surface area contributed by atoms with Crippen molar-refractivity contribution in [3.8, 4) is 0 Å². The number of nitrogens with one attached hydrogen (secondary N) is 1. The molecule has 730 valence electrons. The molecule has 39 heteroatoms. The van der Waals surface area contributed by atoms with E-state index in [1.165, 1.54) is 55.7 Å². The monoisotopic (exact) mass is 2000 g/mol. The number of sulfone groups is 2. The molecule has 32 nitrogen and oxygen atoms in total. The van der Waals surface area contributed by atoms with Gasteiger partial charge in [0.1, 0.15) is 29.1 Å². The fourth-order valence-corrected chi connectivity index (χ4v) is 21.1. The third kappa shape index (κ3) is 27.4. The van der Waals surface area contributed by atoms with Gasteiger partial charge in [0.25, 0.3) is 0 Å². The van der Waals surface area contributed by atoms with Crippen LogP contribution < -0.4 is 63.4 Å². The fourth-order valence-electron chi connectivity index (χ4n) is 18.0. The summed E-state index contributed by atoms with van der Waals surface area (Å²) in [6, 6.07) is 38.9. The van der Waals surface area contributed by atoms with Crippen LogP contribution in [0.1, 0.15) is 182 Å². The summed E-state index contributed by atoms with van der Waals surface area (Å²) in [6.07, 6.45) is 13.1. The number of aromatic nitrogens is 10. The van der Waals surface area contributed by atoms with Gasteiger partial charge in [-0.3, -0.25) is 0 Å². The van der Waals surface area contributed by atoms with Gasteiger partial charge in [-0.15, -0.1) is 0 Å². The minimum absolute atomic E-state index is 0.0111. The van der Waals surface area contributed by atoms with Crippen LogP contribution in [0.25, 0.3) is 0 Å². The van der Waals surface area contributed by atoms with Crippen molar-refractivity contribution in [2.24, 2.45) is 5.41 Å². The van der Waals surface area contributed by atoms with Crippen molar-refractivity contribution in [1.82, 2.24) is 49.8 Å². The van der Waals surface area contributed by atoms with E-state index < -0.39 is 19.7 Å². The number of nitrogens with two attached hydrogens (primary N) is 5. The van der Waals surface area contributed by atoms with Gasteiger partial charge >= 0.3 is 0 Å². The van der Waals surface area contributed by atoms with Crippen LogP contribution in [-0.4, -0.2) is 210 Å². The Balaban J connectivity index is 0.000000136. The van der Waals surface area contributed by atoms with Gasteiger partial charge < -0.3 is 91.8 Å². The standard InChI is InChI=1S/C23H32ClN5O.C20H25ClN4O.C19H24ClN5O2.C18H23ClN4O3S.C17H21ClN4O3S/c1-16-13-21(27-22(25)26-16)29-9-4-12-30-15-20(29)18-6-5-17(14-19(18)24)28-10-7-23(2,3)8-11-28;1-13-10-19(24-20(22)23-13)25-8-3-9-26-12-18(25)16-7-6-15(11-17(16)21)14-4-2-5-14;1-12-7-18(24-19(21)22-12)25-5-2-6-26-11-17(25)15-4-3-13(8-16(15)20)23-14-9-27-10-14;1-12-8-17(22-18(20)21-12)23-6-3-7-26-10-16(23)14-5-4-13(9-15(14)19)11-27(2,24)25;1-11-8-16(21-17(19)20-11)22-6-3-7-25-10-15(22)13-5-4-12(9-14(13)18)26(2,23)24/h5-6,13-14,20H,4,7-12,15H2,1-3H3,(H2,25,26,27);6-7,10-11,14,18H,2-5,8-9,12H2,1H3,(H2,22,23,24);3-4,7-8,14,17,23H,2,5-6,9-11H2,1H3,(H2,21,22,24);4-5,8-9,16H,3,6-7,10-11H2,1-2H3,(H2,20,21,22);4-5,8-9,15H,3,6-7,10H2,1-2H3,(H2,19,20,21)/t20-;;17-;16-;15-/m1.111/s1. The molecule has 0 radical (unpaired) electrons. The minimum Gasteiger partial charge on any atom is -0.379 e. The van der Waals surface area contributed by atoms with Crippen molar-refractivity contribution >= 4 is 148 Å². The predicted molar refractivity (Wildman–Crippen MR) is 542 cm³/mol. The van der Waals surface area contributed by atoms with Crippen molar-refractivity contribution in [2.75, 3.05) is 201 Å². The van der Waals surface area contributed by atoms with Crippen LogP contribution >= 0.6 is 58.0 Å². The zero-order chi connectivity index (χ0) is 96.7. The van der Waals surface area contributed by atoms with E-state index in [4.69, 9.17) is 115 Å². The molecule has 1 unspecified atom stereocenters. The quantitative estimate of drug-likeness (QED) is 0.0493. The molecule has 1 saturated carbocycles. The van der Waals surface area contributed by atoms with E-state index in [1.807, 2.05) is 77.1 Å². The molecule has 5 atom stereocenters. The number of rotatable bonds is 17. The summed E-state index contributed by atoms with van der Waals surface area (Å²) < 4.78 is 81.0. The van der Waals surface area contributed by atoms with E-state index in [2.05, 4.69) is 147 Å². The van der Waals surface area contributed by atoms with E-state index in [0.717, 1.165) is 199 Å². The first-order chi connectivity index (χ1) is 65.0. The number of piperidine rings is 1. The highest BCUT2D eigenvalue weighted by molar-refractivity contribution is 7.90. The third-order valence-electron chi connectivity index (χ3n) is 25.2. The molecule has 11 N–H and O–H groups in total. The topological polar surface area (TPSA) is 414 Å². The number of hydrogen-bond donors (Lipinski definition) is 6. The minimum atomic E-state index is -3.32. The number of halogens is 5. The Hall–Kier alpha value is -9.79. The second kappa shape index (κ2) is 46.3. The highest BCUT2D eigenvalue weighted by Gasteiger charge is 2.36. The van der Waals surface area contributed by atoms with Crippen molar-refractivity contribution in [3.05, 3.63) is 214 Å². The molecule has 136 heavy (non-hydrogen) atoms. The van der Waals surface area contributed by atoms with Crippen molar-refractivity contribution in [1.29, 1.82) is 0 Å². The Kier molecular flexibility index (Phi) is 34.8. The zero-order valence-corrected chi connectivity index (χ0v) is 84.0. The van der Waals surface area contributed by atoms with Gasteiger partial charge in [0.15, 0.2) is 19.7 Å². The molecule has 5 aromatic carbocycles. The van der Waals surface area contributed by atoms with E-state index in [0.29, 0.717) is 115 Å². The van der Waals surface area contributed by atoms with Gasteiger partial charge in [0.2, 0.25) is 29.7 Å². The Morgan fingerprint density at radius 3 is 1.01 bits per heavy atom. The Morgan fingerprint density at radius 1 is 0.375 bits per heavy atom. The van der Waals surface area contributed by atoms with Gasteiger partial charge in [-0.25, -0.2) is 41.8 Å². The highest BCUT2D eigenvalue weighted by atomic mass is 35.5. The lowest BCUT2D eigenvalue weighted by Crippen LogP contribution is -2.40. The summed E-state index contributed by atoms with van der Waals surface area (Å²) in [5.74, 6) is 5.85. The van der Waals surface area contributed by atoms with Crippen molar-refractivity contribution in [2.45, 2.75) is 165 Å². The van der Waals surface area contributed by atoms with Crippen LogP contribution in [0.4, 0.5) is 70.2 Å². The summed E-state index contributed by atoms with van der Waals surface area (Å²) in [7, 11) is -6.45. The van der Waals surface area contributed by atoms with Crippen molar-refractivity contribution < 1.29 is 45.3 Å². The Bertz CT molecular complexity index is 5930. The van der Waals surface area contributed by atoms with Crippen LogP contribution in [0.2, 0.25) is 25.1 Å². The lowest BCUT2D eigenvalue weighted by Gasteiger charge is -2.38. The fraction of sp³-hybridized carbons (Fsp3) is 0.485. The second-order valence-electron chi connectivity index (χ2n) is 36.6. The van der Waals surface area contributed by atoms with Crippen LogP contribution in [-0.2, 0) is 53.8 Å². The molecule has 8 aliphatic rings. The summed E-state index contributed by atoms with van der Waals surface area (Å²) in [4.78, 5) is 56.6. The molecule has 18 rings (SSSR count). The smallest absolute Gasteiger partial charge is 0.222 e. The number of ether oxygens (including phenoxy) is 6. The average Bonchev–Trinajstić information content (AvgIpc) is 1.28. The molecule has 0 spiro atoms. The molecular formula is C97H125Cl5N22O10S2. The molecule has 10 aromatic rings. The first-order valence-corrected chi connectivity index (χ1v) is 52.1. The third-order valence-corrected chi connectivity index (χ3v) is 28.8. The van der Waals surface area contributed by atoms with E-state index in [9.17, 15) is 16.8 Å². The van der Waals surface area contributed by atoms with Gasteiger partial charge in [-0.05, 0) is 191 Å². The van der Waals surface area contributed by atoms with Gasteiger partial charge in [-0.2, -0.15) is 24.9 Å². The number of hydrogen-bond acceptors (Lipinski definition) is 32. The first kappa shape index (κ1) is 102. The highest BCUT2D eigenvalue weighted by Crippen LogP contribution is 2.44. The largest absolute Gasteiger partial charge is 0.379 e. The maximum atomic E-state index is 11.8. The second-order valence-corrected chi connectivity index (χ2v) is 42.8. The molecular weight excluding hydrogens is 1870 g/mol. The average molecular weight is 2000 g/mol. The predicted octanol–water partition coefficient (Wildman–Crippen LogP) is 16.6. The lowest BCUT2D eigenvalue weighted by atomic mass is 9.80. The molecule has 5 aromatic heterocycles. The zero-order valence-electron chi connectivity index (χ0n) is 78.6. The normalized spacial score (nSPS) is 20.3. The SMILES string of the molecule is Cc1cc(N2CCCOCC2c2ccc(C3CCC3)cc2Cl)nc(N)n1.Cc1cc(N2CCCOC[C@@H]2c2ccc(CS(C)(=O)=O)cc2Cl)nc(N)n1.Cc1cc(N2CCCOC[C@@H]2c2ccc(N3CCC(C)(C)CC3)cc2Cl)nc(N)n1.Cc1cc(N2CCCOC[C@@H]2c2ccc(NC3COC3)cc2Cl)nc(N)n1.Cc1cc(N2CCCOC[C@@H]2c2ccc(S(C)(=O)=O)cc2Cl)nc(N)n1. The molecule has 8 fully saturated rings. The first-order valence-electron chi connectivity index (χ1n) is 46.2. The molecule has 12 heterocycles. The van der Waals surface area contributed by atoms with Crippen LogP contribution in [0.5, 0.6) is 0 Å². The molecule has 0 amide bonds. The van der Waals surface area contributed by atoms with Gasteiger partial charge in [0, 0.05) is 187 Å². The van der Waals surface area contributed by atoms with Crippen LogP contribution in [0.3, 0.4) is 0 Å². The summed E-state index contributed by atoms with van der Waals surface area (Å²) in [5.41, 5.74) is 42.9. The molecule has 7 saturated heterocycles. The van der Waals surface area contributed by atoms with E-state index in [1.54, 1.807) is 24.3 Å². The molecule has 1 aliphatic carbocycles. The number of anilines is 12. The Morgan fingerprint density at radius 2 is 0.706 bits per heavy atom.